The minimum atomic E-state index is -3.90. The highest BCUT2D eigenvalue weighted by Crippen LogP contribution is 2.31. The Balaban J connectivity index is 3.62. The number of hydrogen-bond donors (Lipinski definition) is 1. The summed E-state index contributed by atoms with van der Waals surface area (Å²) in [5, 5.41) is 7.63. The standard InChI is InChI=1S/C8H13BrF2O5S/c9-5-3-1-2-4-6-14-7(12)8(10,11)17-16-15-13/h13H,1-6H2. The van der Waals surface area contributed by atoms with E-state index in [-0.39, 0.29) is 6.61 Å². The molecule has 0 aliphatic carbocycles. The number of hydrogen-bond acceptors (Lipinski definition) is 6. The molecule has 0 unspecified atom stereocenters. The SMILES string of the molecule is O=C(OCCCCCCBr)C(F)(F)SOOO. The molecule has 0 aromatic heterocycles. The van der Waals surface area contributed by atoms with Gasteiger partial charge in [0.2, 0.25) is 0 Å². The molecular weight excluding hydrogens is 326 g/mol. The van der Waals surface area contributed by atoms with Crippen LogP contribution in [0.4, 0.5) is 8.78 Å². The Labute approximate surface area is 110 Å². The van der Waals surface area contributed by atoms with Gasteiger partial charge >= 0.3 is 11.2 Å². The van der Waals surface area contributed by atoms with Crippen LogP contribution in [0, 0.1) is 0 Å². The Bertz CT molecular complexity index is 220. The molecule has 0 bridgehead atoms. The fourth-order valence-electron chi connectivity index (χ4n) is 0.891. The lowest BCUT2D eigenvalue weighted by Crippen LogP contribution is -2.27. The van der Waals surface area contributed by atoms with Gasteiger partial charge in [-0.15, -0.1) is 4.33 Å². The highest BCUT2D eigenvalue weighted by atomic mass is 79.9. The van der Waals surface area contributed by atoms with Crippen LogP contribution in [0.3, 0.4) is 0 Å². The zero-order chi connectivity index (χ0) is 13.1. The van der Waals surface area contributed by atoms with Gasteiger partial charge in [-0.2, -0.15) is 8.78 Å². The van der Waals surface area contributed by atoms with Gasteiger partial charge in [0.1, 0.15) is 12.0 Å². The van der Waals surface area contributed by atoms with Gasteiger partial charge in [0.25, 0.3) is 0 Å². The first-order valence-electron chi connectivity index (χ1n) is 4.81. The molecule has 0 fully saturated rings. The van der Waals surface area contributed by atoms with E-state index >= 15 is 0 Å². The average Bonchev–Trinajstić information content (AvgIpc) is 2.30. The summed E-state index contributed by atoms with van der Waals surface area (Å²) in [6.07, 6.45) is 3.25. The summed E-state index contributed by atoms with van der Waals surface area (Å²) >= 11 is 2.63. The smallest absolute Gasteiger partial charge is 0.415 e. The first kappa shape index (κ1) is 17.0. The molecule has 0 aromatic carbocycles. The summed E-state index contributed by atoms with van der Waals surface area (Å²) in [5.41, 5.74) is 0. The molecule has 0 amide bonds. The first-order valence-corrected chi connectivity index (χ1v) is 6.68. The fraction of sp³-hybridized carbons (Fsp3) is 0.875. The van der Waals surface area contributed by atoms with E-state index in [0.717, 1.165) is 24.6 Å². The molecule has 5 nitrogen and oxygen atoms in total. The van der Waals surface area contributed by atoms with E-state index in [1.54, 1.807) is 0 Å². The molecular formula is C8H13BrF2O5S. The van der Waals surface area contributed by atoms with E-state index in [4.69, 9.17) is 5.26 Å². The van der Waals surface area contributed by atoms with Crippen molar-refractivity contribution in [3.63, 3.8) is 0 Å². The van der Waals surface area contributed by atoms with Crippen molar-refractivity contribution in [2.45, 2.75) is 30.9 Å². The van der Waals surface area contributed by atoms with Crippen LogP contribution in [0.15, 0.2) is 0 Å². The number of carbonyl (C=O) groups is 1. The van der Waals surface area contributed by atoms with Crippen molar-refractivity contribution < 1.29 is 32.9 Å². The maximum atomic E-state index is 12.8. The second-order valence-corrected chi connectivity index (χ2v) is 4.59. The Morgan fingerprint density at radius 3 is 2.53 bits per heavy atom. The van der Waals surface area contributed by atoms with Crippen molar-refractivity contribution in [2.24, 2.45) is 0 Å². The van der Waals surface area contributed by atoms with Crippen LogP contribution in [0.2, 0.25) is 0 Å². The van der Waals surface area contributed by atoms with Crippen LogP contribution in [0.25, 0.3) is 0 Å². The normalized spacial score (nSPS) is 11.5. The summed E-state index contributed by atoms with van der Waals surface area (Å²) < 4.78 is 33.4. The molecule has 0 atom stereocenters. The molecule has 0 radical (unpaired) electrons. The van der Waals surface area contributed by atoms with Crippen molar-refractivity contribution >= 4 is 33.9 Å². The highest BCUT2D eigenvalue weighted by molar-refractivity contribution is 9.09. The van der Waals surface area contributed by atoms with Crippen LogP contribution in [0.5, 0.6) is 0 Å². The molecule has 0 aliphatic heterocycles. The minimum Gasteiger partial charge on any atom is -0.460 e. The van der Waals surface area contributed by atoms with Crippen LogP contribution in [-0.2, 0) is 18.9 Å². The molecule has 0 aliphatic rings. The van der Waals surface area contributed by atoms with Crippen molar-refractivity contribution in [3.05, 3.63) is 0 Å². The van der Waals surface area contributed by atoms with E-state index in [9.17, 15) is 13.6 Å². The molecule has 17 heavy (non-hydrogen) atoms. The van der Waals surface area contributed by atoms with Gasteiger partial charge in [-0.05, 0) is 12.8 Å². The third-order valence-corrected chi connectivity index (χ3v) is 2.73. The predicted molar refractivity (Wildman–Crippen MR) is 60.6 cm³/mol. The lowest BCUT2D eigenvalue weighted by atomic mass is 10.2. The van der Waals surface area contributed by atoms with E-state index in [1.807, 2.05) is 0 Å². The number of carbonyl (C=O) groups excluding carboxylic acids is 1. The van der Waals surface area contributed by atoms with Crippen molar-refractivity contribution in [2.75, 3.05) is 11.9 Å². The number of alkyl halides is 3. The van der Waals surface area contributed by atoms with E-state index in [2.05, 4.69) is 30.0 Å². The van der Waals surface area contributed by atoms with E-state index in [0.29, 0.717) is 6.42 Å². The van der Waals surface area contributed by atoms with Crippen LogP contribution in [-0.4, -0.2) is 28.4 Å². The lowest BCUT2D eigenvalue weighted by Gasteiger charge is -2.11. The second kappa shape index (κ2) is 10.0. The second-order valence-electron chi connectivity index (χ2n) is 2.98. The summed E-state index contributed by atoms with van der Waals surface area (Å²) in [7, 11) is 0. The third kappa shape index (κ3) is 8.72. The summed E-state index contributed by atoms with van der Waals surface area (Å²) in [6, 6.07) is 0. The minimum absolute atomic E-state index is 0.0722. The number of esters is 1. The lowest BCUT2D eigenvalue weighted by molar-refractivity contribution is -0.433. The monoisotopic (exact) mass is 338 g/mol. The van der Waals surface area contributed by atoms with Gasteiger partial charge in [-0.3, -0.25) is 0 Å². The molecule has 0 saturated heterocycles. The fourth-order valence-corrected chi connectivity index (χ4v) is 1.53. The van der Waals surface area contributed by atoms with Gasteiger partial charge < -0.3 is 4.74 Å². The third-order valence-electron chi connectivity index (χ3n) is 1.67. The number of unbranched alkanes of at least 4 members (excludes halogenated alkanes) is 3. The Kier molecular flexibility index (Phi) is 10.0. The van der Waals surface area contributed by atoms with Gasteiger partial charge in [0.15, 0.2) is 0 Å². The summed E-state index contributed by atoms with van der Waals surface area (Å²) in [5.74, 6) is -1.72. The van der Waals surface area contributed by atoms with E-state index < -0.39 is 23.3 Å². The zero-order valence-electron chi connectivity index (χ0n) is 8.86. The van der Waals surface area contributed by atoms with Gasteiger partial charge in [0, 0.05) is 5.33 Å². The predicted octanol–water partition coefficient (Wildman–Crippen LogP) is 3.15. The molecule has 0 aromatic rings. The molecule has 1 N–H and O–H groups in total. The molecule has 0 rings (SSSR count). The zero-order valence-corrected chi connectivity index (χ0v) is 11.3. The van der Waals surface area contributed by atoms with Crippen LogP contribution in [0.1, 0.15) is 25.7 Å². The summed E-state index contributed by atoms with van der Waals surface area (Å²) in [6.45, 7) is -0.0722. The van der Waals surface area contributed by atoms with Gasteiger partial charge in [-0.25, -0.2) is 10.1 Å². The molecule has 0 heterocycles. The summed E-state index contributed by atoms with van der Waals surface area (Å²) in [4.78, 5) is 10.8. The highest BCUT2D eigenvalue weighted by Gasteiger charge is 2.44. The number of rotatable bonds is 10. The van der Waals surface area contributed by atoms with Crippen LogP contribution < -0.4 is 0 Å². The maximum Gasteiger partial charge on any atom is 0.415 e. The number of halogens is 3. The van der Waals surface area contributed by atoms with E-state index in [1.165, 1.54) is 0 Å². The Morgan fingerprint density at radius 2 is 1.94 bits per heavy atom. The topological polar surface area (TPSA) is 65.0 Å². The first-order chi connectivity index (χ1) is 8.04. The molecule has 0 saturated carbocycles. The van der Waals surface area contributed by atoms with Crippen molar-refractivity contribution in [3.8, 4) is 0 Å². The van der Waals surface area contributed by atoms with Crippen molar-refractivity contribution in [1.82, 2.24) is 0 Å². The van der Waals surface area contributed by atoms with Gasteiger partial charge in [0.05, 0.1) is 6.61 Å². The molecule has 102 valence electrons. The molecule has 0 spiro atoms. The molecule has 9 heteroatoms. The Morgan fingerprint density at radius 1 is 1.29 bits per heavy atom. The Hall–Kier alpha value is 0.0400. The quantitative estimate of drug-likeness (QED) is 0.165. The number of ether oxygens (including phenoxy) is 1. The largest absolute Gasteiger partial charge is 0.460 e. The maximum absolute atomic E-state index is 12.8. The van der Waals surface area contributed by atoms with Crippen LogP contribution >= 0.6 is 28.0 Å². The van der Waals surface area contributed by atoms with Gasteiger partial charge in [-0.1, -0.05) is 33.8 Å². The van der Waals surface area contributed by atoms with Crippen molar-refractivity contribution in [1.29, 1.82) is 0 Å². The average molecular weight is 339 g/mol.